The molecule has 4 rings (SSSR count). The molecule has 0 radical (unpaired) electrons. The Balaban J connectivity index is 1.30. The Labute approximate surface area is 143 Å². The summed E-state index contributed by atoms with van der Waals surface area (Å²) in [6.45, 7) is 6.39. The first kappa shape index (κ1) is 15.7. The lowest BCUT2D eigenvalue weighted by atomic mass is 9.86. The summed E-state index contributed by atoms with van der Waals surface area (Å²) in [5.41, 5.74) is 1.91. The molecule has 128 valence electrons. The van der Waals surface area contributed by atoms with E-state index >= 15 is 0 Å². The number of nitrogens with one attached hydrogen (secondary N) is 1. The SMILES string of the molecule is Cn1ccnc1COc1ccc(CN2CCC3(CCNC3)C2)cc1. The molecule has 5 nitrogen and oxygen atoms in total. The van der Waals surface area contributed by atoms with Crippen LogP contribution in [0.3, 0.4) is 0 Å². The molecule has 1 N–H and O–H groups in total. The molecule has 5 heteroatoms. The third kappa shape index (κ3) is 3.32. The summed E-state index contributed by atoms with van der Waals surface area (Å²) < 4.78 is 7.81. The zero-order chi connectivity index (χ0) is 16.4. The molecule has 2 aromatic rings. The number of rotatable bonds is 5. The van der Waals surface area contributed by atoms with Gasteiger partial charge in [-0.05, 0) is 49.0 Å². The highest BCUT2D eigenvalue weighted by molar-refractivity contribution is 5.27. The maximum atomic E-state index is 5.83. The van der Waals surface area contributed by atoms with Crippen molar-refractivity contribution < 1.29 is 4.74 Å². The Hall–Kier alpha value is -1.85. The van der Waals surface area contributed by atoms with Gasteiger partial charge < -0.3 is 14.6 Å². The first-order valence-corrected chi connectivity index (χ1v) is 8.84. The highest BCUT2D eigenvalue weighted by Crippen LogP contribution is 2.36. The van der Waals surface area contributed by atoms with E-state index in [4.69, 9.17) is 4.74 Å². The summed E-state index contributed by atoms with van der Waals surface area (Å²) in [5, 5.41) is 3.53. The molecule has 2 aliphatic rings. The lowest BCUT2D eigenvalue weighted by Gasteiger charge is -2.22. The fourth-order valence-corrected chi connectivity index (χ4v) is 3.94. The van der Waals surface area contributed by atoms with E-state index in [0.29, 0.717) is 12.0 Å². The molecule has 0 saturated carbocycles. The molecule has 0 bridgehead atoms. The summed E-state index contributed by atoms with van der Waals surface area (Å²) >= 11 is 0. The van der Waals surface area contributed by atoms with Crippen molar-refractivity contribution in [3.05, 3.63) is 48.0 Å². The molecule has 1 unspecified atom stereocenters. The van der Waals surface area contributed by atoms with E-state index in [2.05, 4.69) is 39.5 Å². The van der Waals surface area contributed by atoms with Crippen molar-refractivity contribution in [2.45, 2.75) is 26.0 Å². The molecule has 1 aromatic heterocycles. The van der Waals surface area contributed by atoms with Crippen molar-refractivity contribution in [2.24, 2.45) is 12.5 Å². The highest BCUT2D eigenvalue weighted by Gasteiger charge is 2.39. The van der Waals surface area contributed by atoms with E-state index in [0.717, 1.165) is 18.1 Å². The Morgan fingerprint density at radius 1 is 1.25 bits per heavy atom. The van der Waals surface area contributed by atoms with E-state index in [1.165, 1.54) is 44.6 Å². The van der Waals surface area contributed by atoms with Gasteiger partial charge in [0, 0.05) is 39.1 Å². The van der Waals surface area contributed by atoms with Crippen LogP contribution in [0.4, 0.5) is 0 Å². The Morgan fingerprint density at radius 2 is 2.12 bits per heavy atom. The molecule has 0 amide bonds. The number of imidazole rings is 1. The maximum Gasteiger partial charge on any atom is 0.146 e. The molecule has 2 saturated heterocycles. The Kier molecular flexibility index (Phi) is 4.29. The minimum absolute atomic E-state index is 0.504. The van der Waals surface area contributed by atoms with Gasteiger partial charge in [-0.1, -0.05) is 12.1 Å². The van der Waals surface area contributed by atoms with Crippen LogP contribution in [0.5, 0.6) is 5.75 Å². The van der Waals surface area contributed by atoms with Gasteiger partial charge in [0.25, 0.3) is 0 Å². The molecule has 2 fully saturated rings. The maximum absolute atomic E-state index is 5.83. The molecule has 1 atom stereocenters. The third-order valence-electron chi connectivity index (χ3n) is 5.47. The Morgan fingerprint density at radius 3 is 2.83 bits per heavy atom. The van der Waals surface area contributed by atoms with Crippen LogP contribution < -0.4 is 10.1 Å². The van der Waals surface area contributed by atoms with Crippen LogP contribution in [-0.2, 0) is 20.2 Å². The van der Waals surface area contributed by atoms with Crippen LogP contribution in [0, 0.1) is 5.41 Å². The molecular formula is C19H26N4O. The smallest absolute Gasteiger partial charge is 0.146 e. The lowest BCUT2D eigenvalue weighted by molar-refractivity contribution is 0.268. The number of ether oxygens (including phenoxy) is 1. The van der Waals surface area contributed by atoms with Crippen LogP contribution in [0.25, 0.3) is 0 Å². The van der Waals surface area contributed by atoms with Crippen molar-refractivity contribution in [2.75, 3.05) is 26.2 Å². The number of nitrogens with zero attached hydrogens (tertiary/aromatic N) is 3. The van der Waals surface area contributed by atoms with Gasteiger partial charge in [0.2, 0.25) is 0 Å². The fourth-order valence-electron chi connectivity index (χ4n) is 3.94. The first-order valence-electron chi connectivity index (χ1n) is 8.84. The van der Waals surface area contributed by atoms with Gasteiger partial charge in [-0.25, -0.2) is 4.98 Å². The molecule has 0 aliphatic carbocycles. The van der Waals surface area contributed by atoms with Crippen molar-refractivity contribution in [3.8, 4) is 5.75 Å². The number of aromatic nitrogens is 2. The second-order valence-corrected chi connectivity index (χ2v) is 7.27. The molecule has 2 aliphatic heterocycles. The van der Waals surface area contributed by atoms with Gasteiger partial charge in [-0.3, -0.25) is 4.90 Å². The topological polar surface area (TPSA) is 42.3 Å². The van der Waals surface area contributed by atoms with Gasteiger partial charge in [-0.15, -0.1) is 0 Å². The summed E-state index contributed by atoms with van der Waals surface area (Å²) in [6, 6.07) is 8.51. The largest absolute Gasteiger partial charge is 0.486 e. The number of benzene rings is 1. The van der Waals surface area contributed by atoms with Gasteiger partial charge in [0.1, 0.15) is 18.2 Å². The van der Waals surface area contributed by atoms with E-state index in [1.54, 1.807) is 6.20 Å². The van der Waals surface area contributed by atoms with E-state index in [1.807, 2.05) is 17.8 Å². The molecule has 1 aromatic carbocycles. The van der Waals surface area contributed by atoms with Gasteiger partial charge in [0.15, 0.2) is 0 Å². The molecule has 24 heavy (non-hydrogen) atoms. The zero-order valence-electron chi connectivity index (χ0n) is 14.4. The van der Waals surface area contributed by atoms with E-state index < -0.39 is 0 Å². The highest BCUT2D eigenvalue weighted by atomic mass is 16.5. The average molecular weight is 326 g/mol. The number of aryl methyl sites for hydroxylation is 1. The van der Waals surface area contributed by atoms with Crippen LogP contribution in [-0.4, -0.2) is 40.6 Å². The van der Waals surface area contributed by atoms with Crippen LogP contribution in [0.2, 0.25) is 0 Å². The lowest BCUT2D eigenvalue weighted by Crippen LogP contribution is -2.28. The van der Waals surface area contributed by atoms with E-state index in [9.17, 15) is 0 Å². The van der Waals surface area contributed by atoms with Crippen LogP contribution in [0.1, 0.15) is 24.2 Å². The van der Waals surface area contributed by atoms with Crippen molar-refractivity contribution >= 4 is 0 Å². The predicted octanol–water partition coefficient (Wildman–Crippen LogP) is 2.18. The second-order valence-electron chi connectivity index (χ2n) is 7.27. The predicted molar refractivity (Wildman–Crippen MR) is 93.8 cm³/mol. The zero-order valence-corrected chi connectivity index (χ0v) is 14.4. The summed E-state index contributed by atoms with van der Waals surface area (Å²) in [6.07, 6.45) is 6.41. The second kappa shape index (κ2) is 6.57. The van der Waals surface area contributed by atoms with Crippen molar-refractivity contribution in [1.29, 1.82) is 0 Å². The summed E-state index contributed by atoms with van der Waals surface area (Å²) in [4.78, 5) is 6.87. The number of likely N-dealkylation sites (tertiary alicyclic amines) is 1. The molecule has 1 spiro atoms. The van der Waals surface area contributed by atoms with Crippen molar-refractivity contribution in [3.63, 3.8) is 0 Å². The quantitative estimate of drug-likeness (QED) is 0.914. The average Bonchev–Trinajstić information content (AvgIpc) is 3.31. The molecule has 3 heterocycles. The number of hydrogen-bond donors (Lipinski definition) is 1. The monoisotopic (exact) mass is 326 g/mol. The normalized spacial score (nSPS) is 24.0. The molecular weight excluding hydrogens is 300 g/mol. The third-order valence-corrected chi connectivity index (χ3v) is 5.47. The van der Waals surface area contributed by atoms with Crippen molar-refractivity contribution in [1.82, 2.24) is 19.8 Å². The van der Waals surface area contributed by atoms with E-state index in [-0.39, 0.29) is 0 Å². The van der Waals surface area contributed by atoms with Gasteiger partial charge in [0.05, 0.1) is 0 Å². The minimum Gasteiger partial charge on any atom is -0.486 e. The standard InChI is InChI=1S/C19H26N4O/c1-22-11-9-21-18(22)13-24-17-4-2-16(3-5-17)12-23-10-7-19(15-23)6-8-20-14-19/h2-5,9,11,20H,6-8,10,12-15H2,1H3. The number of hydrogen-bond acceptors (Lipinski definition) is 4. The summed E-state index contributed by atoms with van der Waals surface area (Å²) in [7, 11) is 1.98. The fraction of sp³-hybridized carbons (Fsp3) is 0.526. The van der Waals surface area contributed by atoms with Crippen LogP contribution >= 0.6 is 0 Å². The van der Waals surface area contributed by atoms with Gasteiger partial charge in [-0.2, -0.15) is 0 Å². The first-order chi connectivity index (χ1) is 11.7. The van der Waals surface area contributed by atoms with Gasteiger partial charge >= 0.3 is 0 Å². The Bertz CT molecular complexity index is 673. The van der Waals surface area contributed by atoms with Crippen LogP contribution in [0.15, 0.2) is 36.7 Å². The summed E-state index contributed by atoms with van der Waals surface area (Å²) in [5.74, 6) is 1.84. The minimum atomic E-state index is 0.504.